The third kappa shape index (κ3) is 9.33. The second kappa shape index (κ2) is 17.5. The number of rotatable bonds is 15. The van der Waals surface area contributed by atoms with Crippen molar-refractivity contribution < 1.29 is 42.7 Å². The van der Waals surface area contributed by atoms with E-state index in [1.807, 2.05) is 0 Å². The van der Waals surface area contributed by atoms with E-state index in [0.717, 1.165) is 11.1 Å². The zero-order valence-electron chi connectivity index (χ0n) is 26.8. The molecule has 3 rings (SSSR count). The van der Waals surface area contributed by atoms with E-state index in [1.165, 1.54) is 61.9 Å². The molecule has 2 amide bonds. The van der Waals surface area contributed by atoms with Gasteiger partial charge in [0.25, 0.3) is 0 Å². The smallest absolute Gasteiger partial charge is 0.248 e. The van der Waals surface area contributed by atoms with E-state index in [9.17, 15) is 9.59 Å². The lowest BCUT2D eigenvalue weighted by atomic mass is 10.1. The topological polar surface area (TPSA) is 123 Å². The predicted molar refractivity (Wildman–Crippen MR) is 179 cm³/mol. The van der Waals surface area contributed by atoms with Gasteiger partial charge in [-0.2, -0.15) is 0 Å². The molecule has 0 bridgehead atoms. The molecule has 242 valence electrons. The molecule has 0 saturated carbocycles. The molecule has 2 N–H and O–H groups in total. The maximum Gasteiger partial charge on any atom is 0.248 e. The lowest BCUT2D eigenvalue weighted by Gasteiger charge is -2.12. The van der Waals surface area contributed by atoms with Gasteiger partial charge < -0.3 is 43.8 Å². The van der Waals surface area contributed by atoms with Gasteiger partial charge in [0, 0.05) is 18.2 Å². The van der Waals surface area contributed by atoms with Crippen LogP contribution in [0.4, 0.5) is 11.4 Å². The molecular weight excluding hydrogens is 592 g/mol. The number of carbonyl (C=O) groups excluding carboxylic acids is 2. The zero-order chi connectivity index (χ0) is 33.5. The largest absolute Gasteiger partial charge is 0.497 e. The molecule has 0 aliphatic carbocycles. The molecule has 0 unspecified atom stereocenters. The average Bonchev–Trinajstić information content (AvgIpc) is 3.08. The molecule has 0 aliphatic rings. The number of nitrogens with one attached hydrogen (secondary N) is 2. The number of carbonyl (C=O) groups is 2. The van der Waals surface area contributed by atoms with Gasteiger partial charge in [-0.15, -0.1) is 0 Å². The Kier molecular flexibility index (Phi) is 13.1. The molecule has 0 radical (unpaired) electrons. The predicted octanol–water partition coefficient (Wildman–Crippen LogP) is 6.16. The number of methoxy groups -OCH3 is 7. The van der Waals surface area contributed by atoms with Gasteiger partial charge in [0.15, 0.2) is 23.0 Å². The number of anilines is 2. The highest BCUT2D eigenvalue weighted by Crippen LogP contribution is 2.39. The van der Waals surface area contributed by atoms with E-state index in [2.05, 4.69) is 10.6 Å². The first-order valence-corrected chi connectivity index (χ1v) is 13.9. The Morgan fingerprint density at radius 3 is 1.28 bits per heavy atom. The summed E-state index contributed by atoms with van der Waals surface area (Å²) >= 11 is 0. The average molecular weight is 631 g/mol. The van der Waals surface area contributed by atoms with Crippen LogP contribution in [-0.4, -0.2) is 61.6 Å². The Hall–Kier alpha value is -5.84. The summed E-state index contributed by atoms with van der Waals surface area (Å²) in [6.07, 6.45) is 12.9. The van der Waals surface area contributed by atoms with Gasteiger partial charge in [-0.3, -0.25) is 9.59 Å². The number of hydrogen-bond donors (Lipinski definition) is 2. The summed E-state index contributed by atoms with van der Waals surface area (Å²) in [7, 11) is 10.7. The summed E-state index contributed by atoms with van der Waals surface area (Å²) in [5.74, 6) is 2.72. The lowest BCUT2D eigenvalue weighted by Crippen LogP contribution is -2.13. The molecule has 11 heteroatoms. The van der Waals surface area contributed by atoms with Crippen LogP contribution in [0.5, 0.6) is 40.2 Å². The van der Waals surface area contributed by atoms with Crippen molar-refractivity contribution in [3.63, 3.8) is 0 Å². The van der Waals surface area contributed by atoms with Gasteiger partial charge in [0.05, 0.1) is 61.1 Å². The molecule has 0 heterocycles. The van der Waals surface area contributed by atoms with Crippen molar-refractivity contribution in [3.05, 3.63) is 90.0 Å². The first kappa shape index (κ1) is 34.6. The second-order valence-electron chi connectivity index (χ2n) is 9.24. The van der Waals surface area contributed by atoms with Gasteiger partial charge in [0.1, 0.15) is 5.75 Å². The summed E-state index contributed by atoms with van der Waals surface area (Å²) in [4.78, 5) is 25.4. The minimum atomic E-state index is -0.415. The highest BCUT2D eigenvalue weighted by Gasteiger charge is 2.13. The molecule has 46 heavy (non-hydrogen) atoms. The number of allylic oxidation sites excluding steroid dienone is 4. The van der Waals surface area contributed by atoms with E-state index < -0.39 is 11.8 Å². The fourth-order valence-corrected chi connectivity index (χ4v) is 4.23. The summed E-state index contributed by atoms with van der Waals surface area (Å²) in [5, 5.41) is 5.56. The Morgan fingerprint density at radius 2 is 0.913 bits per heavy atom. The van der Waals surface area contributed by atoms with Crippen molar-refractivity contribution in [3.8, 4) is 40.2 Å². The van der Waals surface area contributed by atoms with Crippen molar-refractivity contribution in [1.29, 1.82) is 0 Å². The van der Waals surface area contributed by atoms with Gasteiger partial charge in [-0.1, -0.05) is 36.5 Å². The van der Waals surface area contributed by atoms with Crippen molar-refractivity contribution >= 4 is 35.3 Å². The maximum absolute atomic E-state index is 12.7. The third-order valence-corrected chi connectivity index (χ3v) is 6.41. The molecule has 0 aromatic heterocycles. The van der Waals surface area contributed by atoms with Crippen molar-refractivity contribution in [2.24, 2.45) is 0 Å². The summed E-state index contributed by atoms with van der Waals surface area (Å²) < 4.78 is 37.5. The Labute approximate surface area is 268 Å². The van der Waals surface area contributed by atoms with Crippen LogP contribution in [0.1, 0.15) is 11.1 Å². The fourth-order valence-electron chi connectivity index (χ4n) is 4.23. The van der Waals surface area contributed by atoms with E-state index in [4.69, 9.17) is 33.2 Å². The quantitative estimate of drug-likeness (QED) is 0.150. The van der Waals surface area contributed by atoms with Crippen LogP contribution in [0.15, 0.2) is 78.9 Å². The lowest BCUT2D eigenvalue weighted by molar-refractivity contribution is -0.112. The van der Waals surface area contributed by atoms with Crippen LogP contribution in [0.3, 0.4) is 0 Å². The fraction of sp³-hybridized carbons (Fsp3) is 0.200. The van der Waals surface area contributed by atoms with Gasteiger partial charge >= 0.3 is 0 Å². The first-order valence-electron chi connectivity index (χ1n) is 13.9. The maximum atomic E-state index is 12.7. The number of amides is 2. The van der Waals surface area contributed by atoms with E-state index in [-0.39, 0.29) is 0 Å². The molecule has 0 fully saturated rings. The number of benzene rings is 3. The van der Waals surface area contributed by atoms with E-state index in [0.29, 0.717) is 51.6 Å². The molecule has 0 aliphatic heterocycles. The van der Waals surface area contributed by atoms with Crippen LogP contribution < -0.4 is 43.8 Å². The van der Waals surface area contributed by atoms with Crippen molar-refractivity contribution in [2.45, 2.75) is 0 Å². The number of ether oxygens (including phenoxy) is 7. The standard InChI is InChI=1S/C35H38N2O9/c1-40-25-16-17-26(36-32(38)14-10-8-12-23-18-28(41-2)34(45-6)29(19-23)42-3)27(22-25)37-33(39)15-11-9-13-24-20-30(43-4)35(46-7)31(21-24)44-5/h8-22H,1-7H3,(H,36,38)(H,37,39). The van der Waals surface area contributed by atoms with Crippen molar-refractivity contribution in [1.82, 2.24) is 0 Å². The summed E-state index contributed by atoms with van der Waals surface area (Å²) in [5.41, 5.74) is 2.31. The summed E-state index contributed by atoms with van der Waals surface area (Å²) in [6.45, 7) is 0. The molecule has 3 aromatic carbocycles. The van der Waals surface area contributed by atoms with Gasteiger partial charge in [-0.25, -0.2) is 0 Å². The molecule has 11 nitrogen and oxygen atoms in total. The van der Waals surface area contributed by atoms with Crippen LogP contribution in [0.25, 0.3) is 12.2 Å². The van der Waals surface area contributed by atoms with E-state index in [1.54, 1.807) is 78.9 Å². The molecule has 0 spiro atoms. The normalized spacial score (nSPS) is 11.2. The molecular formula is C35H38N2O9. The Balaban J connectivity index is 1.68. The minimum Gasteiger partial charge on any atom is -0.497 e. The zero-order valence-corrected chi connectivity index (χ0v) is 26.8. The molecule has 3 aromatic rings. The summed E-state index contributed by atoms with van der Waals surface area (Å²) in [6, 6.07) is 12.1. The van der Waals surface area contributed by atoms with Gasteiger partial charge in [-0.05, 0) is 47.5 Å². The van der Waals surface area contributed by atoms with Crippen LogP contribution >= 0.6 is 0 Å². The molecule has 0 saturated heterocycles. The number of hydrogen-bond acceptors (Lipinski definition) is 9. The van der Waals surface area contributed by atoms with Crippen LogP contribution in [-0.2, 0) is 9.59 Å². The first-order chi connectivity index (χ1) is 22.3. The Bertz CT molecular complexity index is 1590. The third-order valence-electron chi connectivity index (χ3n) is 6.41. The molecule has 0 atom stereocenters. The monoisotopic (exact) mass is 630 g/mol. The van der Waals surface area contributed by atoms with Gasteiger partial charge in [0.2, 0.25) is 23.3 Å². The Morgan fingerprint density at radius 1 is 0.500 bits per heavy atom. The SMILES string of the molecule is COc1ccc(NC(=O)C=CC=Cc2cc(OC)c(OC)c(OC)c2)c(NC(=O)C=CC=Cc2cc(OC)c(OC)c(OC)c2)c1. The van der Waals surface area contributed by atoms with Crippen LogP contribution in [0, 0.1) is 0 Å². The minimum absolute atomic E-state index is 0.359. The van der Waals surface area contributed by atoms with Crippen LogP contribution in [0.2, 0.25) is 0 Å². The highest BCUT2D eigenvalue weighted by molar-refractivity contribution is 6.06. The second-order valence-corrected chi connectivity index (χ2v) is 9.24. The van der Waals surface area contributed by atoms with Crippen molar-refractivity contribution in [2.75, 3.05) is 60.4 Å². The highest BCUT2D eigenvalue weighted by atomic mass is 16.5. The van der Waals surface area contributed by atoms with E-state index >= 15 is 0 Å².